The Hall–Kier alpha value is -1.62. The molecular formula is C18H25N3OS. The van der Waals surface area contributed by atoms with Gasteiger partial charge in [-0.15, -0.1) is 0 Å². The predicted octanol–water partition coefficient (Wildman–Crippen LogP) is 3.74. The molecule has 1 aromatic carbocycles. The summed E-state index contributed by atoms with van der Waals surface area (Å²) in [6, 6.07) is 8.53. The van der Waals surface area contributed by atoms with Crippen LogP contribution in [0.1, 0.15) is 44.7 Å². The highest BCUT2D eigenvalue weighted by Crippen LogP contribution is 2.44. The van der Waals surface area contributed by atoms with Gasteiger partial charge in [-0.2, -0.15) is 5.10 Å². The van der Waals surface area contributed by atoms with Crippen molar-refractivity contribution in [2.75, 3.05) is 13.7 Å². The number of thiocarbonyl (C=S) groups is 1. The second-order valence-electron chi connectivity index (χ2n) is 6.36. The van der Waals surface area contributed by atoms with Gasteiger partial charge in [0.1, 0.15) is 5.75 Å². The molecule has 1 aliphatic heterocycles. The van der Waals surface area contributed by atoms with E-state index in [0.717, 1.165) is 17.4 Å². The van der Waals surface area contributed by atoms with E-state index in [0.29, 0.717) is 11.8 Å². The molecule has 0 spiro atoms. The van der Waals surface area contributed by atoms with Crippen LogP contribution in [-0.4, -0.2) is 29.5 Å². The number of hydrazone groups is 1. The molecule has 0 radical (unpaired) electrons. The Balaban J connectivity index is 1.94. The Labute approximate surface area is 143 Å². The van der Waals surface area contributed by atoms with Gasteiger partial charge in [-0.1, -0.05) is 25.5 Å². The maximum atomic E-state index is 5.58. The maximum absolute atomic E-state index is 5.58. The molecule has 1 heterocycles. The lowest BCUT2D eigenvalue weighted by Gasteiger charge is -2.31. The molecule has 124 valence electrons. The van der Waals surface area contributed by atoms with E-state index in [1.807, 2.05) is 17.1 Å². The van der Waals surface area contributed by atoms with E-state index >= 15 is 0 Å². The number of fused-ring (bicyclic) bond motifs is 1. The number of nitrogens with one attached hydrogen (secondary N) is 1. The molecule has 1 unspecified atom stereocenters. The summed E-state index contributed by atoms with van der Waals surface area (Å²) in [7, 11) is 1.70. The van der Waals surface area contributed by atoms with Crippen LogP contribution in [-0.2, 0) is 0 Å². The first-order valence-corrected chi connectivity index (χ1v) is 8.86. The van der Waals surface area contributed by atoms with E-state index in [1.165, 1.54) is 30.5 Å². The van der Waals surface area contributed by atoms with E-state index in [-0.39, 0.29) is 6.04 Å². The summed E-state index contributed by atoms with van der Waals surface area (Å²) in [5.41, 5.74) is 2.57. The maximum Gasteiger partial charge on any atom is 0.190 e. The highest BCUT2D eigenvalue weighted by Gasteiger charge is 2.43. The van der Waals surface area contributed by atoms with Gasteiger partial charge >= 0.3 is 0 Å². The summed E-state index contributed by atoms with van der Waals surface area (Å²) in [4.78, 5) is 0. The normalized spacial score (nSPS) is 26.5. The molecule has 1 aromatic rings. The Morgan fingerprint density at radius 2 is 2.09 bits per heavy atom. The quantitative estimate of drug-likeness (QED) is 0.856. The average molecular weight is 331 g/mol. The third-order valence-electron chi connectivity index (χ3n) is 4.90. The van der Waals surface area contributed by atoms with Crippen LogP contribution in [0.25, 0.3) is 0 Å². The Kier molecular flexibility index (Phi) is 4.85. The molecule has 4 nitrogen and oxygen atoms in total. The number of rotatable bonds is 3. The summed E-state index contributed by atoms with van der Waals surface area (Å²) in [6.07, 6.45) is 3.68. The fourth-order valence-electron chi connectivity index (χ4n) is 3.73. The average Bonchev–Trinajstić information content (AvgIpc) is 2.96. The van der Waals surface area contributed by atoms with Crippen molar-refractivity contribution in [1.82, 2.24) is 10.3 Å². The topological polar surface area (TPSA) is 36.9 Å². The number of methoxy groups -OCH3 is 1. The Bertz CT molecular complexity index is 599. The van der Waals surface area contributed by atoms with Gasteiger partial charge in [0.15, 0.2) is 5.11 Å². The zero-order valence-electron chi connectivity index (χ0n) is 14.1. The molecule has 1 N–H and O–H groups in total. The number of nitrogens with zero attached hydrogens (tertiary/aromatic N) is 2. The molecule has 0 amide bonds. The molecular weight excluding hydrogens is 306 g/mol. The first-order valence-electron chi connectivity index (χ1n) is 8.45. The molecule has 0 saturated heterocycles. The second-order valence-corrected chi connectivity index (χ2v) is 6.75. The van der Waals surface area contributed by atoms with Crippen molar-refractivity contribution in [1.29, 1.82) is 0 Å². The molecule has 1 aliphatic carbocycles. The number of benzene rings is 1. The molecule has 0 aromatic heterocycles. The first kappa shape index (κ1) is 16.2. The summed E-state index contributed by atoms with van der Waals surface area (Å²) < 4.78 is 5.29. The first-order chi connectivity index (χ1) is 11.2. The van der Waals surface area contributed by atoms with Crippen molar-refractivity contribution in [3.8, 4) is 5.75 Å². The fourth-order valence-corrected chi connectivity index (χ4v) is 4.03. The lowest BCUT2D eigenvalue weighted by Crippen LogP contribution is -2.38. The predicted molar refractivity (Wildman–Crippen MR) is 97.8 cm³/mol. The van der Waals surface area contributed by atoms with Crippen molar-refractivity contribution >= 4 is 23.0 Å². The lowest BCUT2D eigenvalue weighted by molar-refractivity contribution is 0.293. The van der Waals surface area contributed by atoms with Crippen molar-refractivity contribution in [2.45, 2.75) is 39.2 Å². The van der Waals surface area contributed by atoms with Gasteiger partial charge in [0.2, 0.25) is 0 Å². The summed E-state index contributed by atoms with van der Waals surface area (Å²) in [6.45, 7) is 5.17. The monoisotopic (exact) mass is 331 g/mol. The van der Waals surface area contributed by atoms with Crippen LogP contribution in [0.2, 0.25) is 0 Å². The zero-order valence-corrected chi connectivity index (χ0v) is 14.9. The van der Waals surface area contributed by atoms with Crippen LogP contribution in [0.4, 0.5) is 0 Å². The SMILES string of the molecule is CCNC(=S)N1N=C2C(C)CCC[C@H]2[C@H]1c1ccc(OC)cc1. The van der Waals surface area contributed by atoms with Gasteiger partial charge in [0.25, 0.3) is 0 Å². The van der Waals surface area contributed by atoms with E-state index < -0.39 is 0 Å². The van der Waals surface area contributed by atoms with Gasteiger partial charge in [-0.25, -0.2) is 5.01 Å². The van der Waals surface area contributed by atoms with Gasteiger partial charge in [0, 0.05) is 18.2 Å². The minimum absolute atomic E-state index is 0.199. The Morgan fingerprint density at radius 3 is 2.74 bits per heavy atom. The molecule has 3 rings (SSSR count). The van der Waals surface area contributed by atoms with Gasteiger partial charge in [-0.05, 0) is 55.6 Å². The van der Waals surface area contributed by atoms with Crippen LogP contribution in [0, 0.1) is 11.8 Å². The van der Waals surface area contributed by atoms with E-state index in [4.69, 9.17) is 22.1 Å². The van der Waals surface area contributed by atoms with Crippen molar-refractivity contribution in [3.05, 3.63) is 29.8 Å². The highest BCUT2D eigenvalue weighted by molar-refractivity contribution is 7.80. The van der Waals surface area contributed by atoms with E-state index in [9.17, 15) is 0 Å². The van der Waals surface area contributed by atoms with Crippen LogP contribution in [0.5, 0.6) is 5.75 Å². The molecule has 0 bridgehead atoms. The van der Waals surface area contributed by atoms with Crippen molar-refractivity contribution in [3.63, 3.8) is 0 Å². The number of hydrogen-bond donors (Lipinski definition) is 1. The number of hydrogen-bond acceptors (Lipinski definition) is 3. The highest BCUT2D eigenvalue weighted by atomic mass is 32.1. The van der Waals surface area contributed by atoms with E-state index in [2.05, 4.69) is 31.3 Å². The van der Waals surface area contributed by atoms with Crippen molar-refractivity contribution < 1.29 is 4.74 Å². The van der Waals surface area contributed by atoms with E-state index in [1.54, 1.807) is 7.11 Å². The number of ether oxygens (including phenoxy) is 1. The fraction of sp³-hybridized carbons (Fsp3) is 0.556. The molecule has 1 saturated carbocycles. The van der Waals surface area contributed by atoms with Gasteiger partial charge in [-0.3, -0.25) is 0 Å². The minimum Gasteiger partial charge on any atom is -0.497 e. The van der Waals surface area contributed by atoms with Crippen LogP contribution >= 0.6 is 12.2 Å². The van der Waals surface area contributed by atoms with Gasteiger partial charge in [0.05, 0.1) is 13.2 Å². The van der Waals surface area contributed by atoms with Gasteiger partial charge < -0.3 is 10.1 Å². The molecule has 3 atom stereocenters. The smallest absolute Gasteiger partial charge is 0.190 e. The molecule has 5 heteroatoms. The molecule has 2 aliphatic rings. The standard InChI is InChI=1S/C18H25N3OS/c1-4-19-18(23)21-17(13-8-10-14(22-3)11-9-13)15-7-5-6-12(2)16(15)20-21/h8-12,15,17H,4-7H2,1-3H3,(H,19,23)/t12?,15-,17-/m1/s1. The summed E-state index contributed by atoms with van der Waals surface area (Å²) in [5, 5.41) is 10.9. The lowest BCUT2D eigenvalue weighted by atomic mass is 9.76. The van der Waals surface area contributed by atoms with Crippen LogP contribution in [0.15, 0.2) is 29.4 Å². The molecule has 1 fully saturated rings. The second kappa shape index (κ2) is 6.87. The van der Waals surface area contributed by atoms with Crippen molar-refractivity contribution in [2.24, 2.45) is 16.9 Å². The zero-order chi connectivity index (χ0) is 16.4. The summed E-state index contributed by atoms with van der Waals surface area (Å²) >= 11 is 5.58. The summed E-state index contributed by atoms with van der Waals surface area (Å²) in [5.74, 6) is 1.89. The third kappa shape index (κ3) is 3.07. The van der Waals surface area contributed by atoms with Crippen LogP contribution < -0.4 is 10.1 Å². The largest absolute Gasteiger partial charge is 0.497 e. The third-order valence-corrected chi connectivity index (χ3v) is 5.23. The van der Waals surface area contributed by atoms with Crippen LogP contribution in [0.3, 0.4) is 0 Å². The Morgan fingerprint density at radius 1 is 1.35 bits per heavy atom. The molecule has 23 heavy (non-hydrogen) atoms. The minimum atomic E-state index is 0.199.